The number of morpholine rings is 1. The molecule has 0 bridgehead atoms. The van der Waals surface area contributed by atoms with E-state index in [-0.39, 0.29) is 18.4 Å². The Labute approximate surface area is 173 Å². The van der Waals surface area contributed by atoms with Gasteiger partial charge < -0.3 is 9.64 Å². The van der Waals surface area contributed by atoms with Crippen LogP contribution in [-0.4, -0.2) is 92.2 Å². The molecule has 8 nitrogen and oxygen atoms in total. The fraction of sp³-hybridized carbons (Fsp3) is 0.700. The van der Waals surface area contributed by atoms with Gasteiger partial charge in [0.2, 0.25) is 15.9 Å². The van der Waals surface area contributed by atoms with Crippen LogP contribution in [0.3, 0.4) is 0 Å². The fourth-order valence-electron chi connectivity index (χ4n) is 3.99. The van der Waals surface area contributed by atoms with Crippen molar-refractivity contribution in [2.45, 2.75) is 25.8 Å². The van der Waals surface area contributed by atoms with Crippen LogP contribution in [0.1, 0.15) is 24.8 Å². The van der Waals surface area contributed by atoms with Gasteiger partial charge in [-0.05, 0) is 37.0 Å². The highest BCUT2D eigenvalue weighted by atomic mass is 32.2. The number of hydrogen-bond donors (Lipinski definition) is 0. The molecule has 0 aromatic carbocycles. The van der Waals surface area contributed by atoms with E-state index < -0.39 is 10.0 Å². The number of carbonyl (C=O) groups is 1. The molecule has 0 aliphatic carbocycles. The summed E-state index contributed by atoms with van der Waals surface area (Å²) in [6.45, 7) is 6.32. The lowest BCUT2D eigenvalue weighted by molar-refractivity contribution is -0.137. The minimum atomic E-state index is -3.27. The summed E-state index contributed by atoms with van der Waals surface area (Å²) in [5.74, 6) is -0.221. The summed E-state index contributed by atoms with van der Waals surface area (Å²) in [5.41, 5.74) is 1.04. The van der Waals surface area contributed by atoms with Gasteiger partial charge in [-0.15, -0.1) is 0 Å². The third-order valence-corrected chi connectivity index (χ3v) is 6.91. The monoisotopic (exact) mass is 424 g/mol. The molecule has 0 N–H and O–H groups in total. The van der Waals surface area contributed by atoms with Crippen LogP contribution in [0.2, 0.25) is 0 Å². The topological polar surface area (TPSA) is 83.1 Å². The molecule has 9 heteroatoms. The molecule has 1 amide bonds. The van der Waals surface area contributed by atoms with Crippen molar-refractivity contribution in [3.05, 3.63) is 30.1 Å². The predicted octanol–water partition coefficient (Wildman–Crippen LogP) is 0.804. The lowest BCUT2D eigenvalue weighted by Crippen LogP contribution is -2.47. The van der Waals surface area contributed by atoms with Crippen LogP contribution in [0.15, 0.2) is 24.5 Å². The van der Waals surface area contributed by atoms with E-state index in [9.17, 15) is 13.2 Å². The smallest absolute Gasteiger partial charge is 0.227 e. The Morgan fingerprint density at radius 2 is 1.97 bits per heavy atom. The third-order valence-electron chi connectivity index (χ3n) is 5.64. The number of piperidine rings is 1. The summed E-state index contributed by atoms with van der Waals surface area (Å²) in [7, 11) is -3.27. The van der Waals surface area contributed by atoms with Gasteiger partial charge in [0.05, 0.1) is 25.4 Å². The largest absolute Gasteiger partial charge is 0.379 e. The first-order chi connectivity index (χ1) is 13.9. The Bertz CT molecular complexity index is 753. The van der Waals surface area contributed by atoms with Crippen LogP contribution in [0.25, 0.3) is 0 Å². The van der Waals surface area contributed by atoms with Crippen LogP contribution in [-0.2, 0) is 26.1 Å². The maximum atomic E-state index is 13.3. The first-order valence-electron chi connectivity index (χ1n) is 10.4. The second-order valence-corrected chi connectivity index (χ2v) is 9.87. The summed E-state index contributed by atoms with van der Waals surface area (Å²) < 4.78 is 30.7. The second-order valence-electron chi connectivity index (χ2n) is 7.88. The zero-order chi connectivity index (χ0) is 20.7. The van der Waals surface area contributed by atoms with E-state index in [1.54, 1.807) is 12.4 Å². The van der Waals surface area contributed by atoms with Gasteiger partial charge in [0.25, 0.3) is 0 Å². The molecule has 29 heavy (non-hydrogen) atoms. The molecule has 2 fully saturated rings. The molecule has 3 heterocycles. The maximum Gasteiger partial charge on any atom is 0.227 e. The Morgan fingerprint density at radius 3 is 2.66 bits per heavy atom. The molecular formula is C20H32N4O4S. The van der Waals surface area contributed by atoms with Gasteiger partial charge in [0.1, 0.15) is 0 Å². The zero-order valence-corrected chi connectivity index (χ0v) is 18.0. The Morgan fingerprint density at radius 1 is 1.24 bits per heavy atom. The van der Waals surface area contributed by atoms with E-state index in [1.165, 1.54) is 10.6 Å². The number of hydrogen-bond acceptors (Lipinski definition) is 6. The van der Waals surface area contributed by atoms with Crippen molar-refractivity contribution < 1.29 is 17.9 Å². The van der Waals surface area contributed by atoms with Gasteiger partial charge in [-0.1, -0.05) is 0 Å². The van der Waals surface area contributed by atoms with Gasteiger partial charge in [0.15, 0.2) is 0 Å². The molecule has 1 aromatic heterocycles. The van der Waals surface area contributed by atoms with Gasteiger partial charge in [-0.2, -0.15) is 0 Å². The van der Waals surface area contributed by atoms with Crippen LogP contribution >= 0.6 is 0 Å². The number of sulfonamides is 1. The lowest BCUT2D eigenvalue weighted by Gasteiger charge is -2.34. The maximum absolute atomic E-state index is 13.3. The Kier molecular flexibility index (Phi) is 7.99. The van der Waals surface area contributed by atoms with Crippen LogP contribution < -0.4 is 0 Å². The number of pyridine rings is 1. The average Bonchev–Trinajstić information content (AvgIpc) is 2.73. The molecule has 162 valence electrons. The number of ether oxygens (including phenoxy) is 1. The van der Waals surface area contributed by atoms with Crippen molar-refractivity contribution in [1.82, 2.24) is 19.1 Å². The number of amides is 1. The molecule has 2 aliphatic rings. The van der Waals surface area contributed by atoms with Crippen LogP contribution in [0.4, 0.5) is 0 Å². The van der Waals surface area contributed by atoms with Crippen molar-refractivity contribution in [2.75, 3.05) is 58.7 Å². The van der Waals surface area contributed by atoms with E-state index in [1.807, 2.05) is 17.0 Å². The number of rotatable bonds is 8. The Balaban J connectivity index is 1.63. The summed E-state index contributed by atoms with van der Waals surface area (Å²) in [6, 6.07) is 3.85. The summed E-state index contributed by atoms with van der Waals surface area (Å²) >= 11 is 0. The van der Waals surface area contributed by atoms with Crippen molar-refractivity contribution >= 4 is 15.9 Å². The first kappa shape index (κ1) is 22.1. The highest BCUT2D eigenvalue weighted by Crippen LogP contribution is 2.22. The SMILES string of the molecule is CS(=O)(=O)N1CCCC(C(=O)N(CCCN2CCOCC2)Cc2ccncc2)C1. The van der Waals surface area contributed by atoms with Crippen molar-refractivity contribution in [3.63, 3.8) is 0 Å². The van der Waals surface area contributed by atoms with E-state index >= 15 is 0 Å². The standard InChI is InChI=1S/C20H32N4O4S/c1-29(26,27)24-11-2-4-19(17-24)20(25)23(16-18-5-7-21-8-6-18)10-3-9-22-12-14-28-15-13-22/h5-8,19H,2-4,9-17H2,1H3. The normalized spacial score (nSPS) is 21.8. The molecule has 2 aliphatic heterocycles. The van der Waals surface area contributed by atoms with Crippen molar-refractivity contribution in [3.8, 4) is 0 Å². The van der Waals surface area contributed by atoms with Gasteiger partial charge in [-0.25, -0.2) is 12.7 Å². The number of aromatic nitrogens is 1. The zero-order valence-electron chi connectivity index (χ0n) is 17.2. The van der Waals surface area contributed by atoms with Gasteiger partial charge in [-0.3, -0.25) is 14.7 Å². The van der Waals surface area contributed by atoms with E-state index in [0.717, 1.165) is 57.7 Å². The van der Waals surface area contributed by atoms with Gasteiger partial charge in [0, 0.05) is 58.2 Å². The summed E-state index contributed by atoms with van der Waals surface area (Å²) in [5, 5.41) is 0. The van der Waals surface area contributed by atoms with E-state index in [4.69, 9.17) is 4.74 Å². The molecule has 0 radical (unpaired) electrons. The van der Waals surface area contributed by atoms with E-state index in [2.05, 4.69) is 9.88 Å². The van der Waals surface area contributed by atoms with Crippen molar-refractivity contribution in [2.24, 2.45) is 5.92 Å². The molecule has 0 saturated carbocycles. The Hall–Kier alpha value is -1.55. The average molecular weight is 425 g/mol. The second kappa shape index (κ2) is 10.5. The lowest BCUT2D eigenvalue weighted by atomic mass is 9.97. The minimum absolute atomic E-state index is 0.0529. The number of carbonyl (C=O) groups excluding carboxylic acids is 1. The molecule has 1 unspecified atom stereocenters. The fourth-order valence-corrected chi connectivity index (χ4v) is 4.90. The van der Waals surface area contributed by atoms with Crippen LogP contribution in [0, 0.1) is 5.92 Å². The molecule has 2 saturated heterocycles. The number of nitrogens with zero attached hydrogens (tertiary/aromatic N) is 4. The molecular weight excluding hydrogens is 392 g/mol. The summed E-state index contributed by atoms with van der Waals surface area (Å²) in [6.07, 6.45) is 7.03. The molecule has 1 atom stereocenters. The molecule has 0 spiro atoms. The molecule has 1 aromatic rings. The highest BCUT2D eigenvalue weighted by Gasteiger charge is 2.32. The predicted molar refractivity (Wildman–Crippen MR) is 111 cm³/mol. The summed E-state index contributed by atoms with van der Waals surface area (Å²) in [4.78, 5) is 21.6. The van der Waals surface area contributed by atoms with Crippen LogP contribution in [0.5, 0.6) is 0 Å². The van der Waals surface area contributed by atoms with Crippen molar-refractivity contribution in [1.29, 1.82) is 0 Å². The first-order valence-corrected chi connectivity index (χ1v) is 12.2. The van der Waals surface area contributed by atoms with E-state index in [0.29, 0.717) is 19.6 Å². The molecule has 3 rings (SSSR count). The van der Waals surface area contributed by atoms with Gasteiger partial charge >= 0.3 is 0 Å². The third kappa shape index (κ3) is 6.74. The quantitative estimate of drug-likeness (QED) is 0.614. The minimum Gasteiger partial charge on any atom is -0.379 e. The highest BCUT2D eigenvalue weighted by molar-refractivity contribution is 7.88.